The van der Waals surface area contributed by atoms with Crippen LogP contribution in [0, 0.1) is 0 Å². The molecule has 0 radical (unpaired) electrons. The van der Waals surface area contributed by atoms with Gasteiger partial charge in [0.25, 0.3) is 0 Å². The Morgan fingerprint density at radius 3 is 2.27 bits per heavy atom. The van der Waals surface area contributed by atoms with Gasteiger partial charge in [-0.1, -0.05) is 55.8 Å². The molecule has 3 aromatic rings. The lowest BCUT2D eigenvalue weighted by atomic mass is 10.0. The molecule has 1 aliphatic rings. The van der Waals surface area contributed by atoms with Crippen LogP contribution in [0.4, 0.5) is 0 Å². The molecular formula is C32H36O5. The number of fused-ring (bicyclic) bond motifs is 3. The predicted molar refractivity (Wildman–Crippen MR) is 147 cm³/mol. The standard InChI is InChI=1S/C32H36O5/c1-4-7-19-36-25-16-17-28-29(26-10-8-9-11-27(26)30(28)22-25)18-20-37-24-14-12-23(13-15-24)21-31(34-5-2)32(33)35-6-3/h8-18,22,31H,4-7,19-21H2,1-3H3. The van der Waals surface area contributed by atoms with Gasteiger partial charge in [0.2, 0.25) is 0 Å². The molecule has 0 spiro atoms. The fraction of sp³-hybridized carbons (Fsp3) is 0.344. The molecule has 5 heteroatoms. The Hall–Kier alpha value is -3.57. The van der Waals surface area contributed by atoms with E-state index in [2.05, 4.69) is 55.5 Å². The predicted octanol–water partition coefficient (Wildman–Crippen LogP) is 6.87. The zero-order valence-electron chi connectivity index (χ0n) is 22.0. The van der Waals surface area contributed by atoms with E-state index < -0.39 is 6.10 Å². The largest absolute Gasteiger partial charge is 0.494 e. The van der Waals surface area contributed by atoms with Crippen LogP contribution in [0.3, 0.4) is 0 Å². The van der Waals surface area contributed by atoms with E-state index in [1.807, 2.05) is 31.2 Å². The van der Waals surface area contributed by atoms with Gasteiger partial charge in [-0.3, -0.25) is 0 Å². The van der Waals surface area contributed by atoms with E-state index in [1.54, 1.807) is 6.92 Å². The zero-order valence-corrected chi connectivity index (χ0v) is 22.0. The highest BCUT2D eigenvalue weighted by molar-refractivity contribution is 6.01. The van der Waals surface area contributed by atoms with Crippen molar-refractivity contribution in [3.63, 3.8) is 0 Å². The maximum Gasteiger partial charge on any atom is 0.335 e. The lowest BCUT2D eigenvalue weighted by Gasteiger charge is -2.15. The summed E-state index contributed by atoms with van der Waals surface area (Å²) < 4.78 is 22.7. The summed E-state index contributed by atoms with van der Waals surface area (Å²) in [5.41, 5.74) is 7.00. The SMILES string of the molecule is CCCCOc1ccc2c(c1)-c1ccccc1C2=CCOc1ccc(CC(OCC)C(=O)OCC)cc1. The van der Waals surface area contributed by atoms with Gasteiger partial charge < -0.3 is 18.9 Å². The Bertz CT molecular complexity index is 1210. The third-order valence-corrected chi connectivity index (χ3v) is 6.35. The van der Waals surface area contributed by atoms with E-state index in [4.69, 9.17) is 18.9 Å². The first-order valence-corrected chi connectivity index (χ1v) is 13.2. The van der Waals surface area contributed by atoms with Crippen molar-refractivity contribution >= 4 is 11.5 Å². The van der Waals surface area contributed by atoms with Crippen molar-refractivity contribution in [3.8, 4) is 22.6 Å². The molecule has 0 amide bonds. The molecule has 0 N–H and O–H groups in total. The average molecular weight is 501 g/mol. The highest BCUT2D eigenvalue weighted by Crippen LogP contribution is 2.45. The number of carbonyl (C=O) groups is 1. The number of carbonyl (C=O) groups excluding carboxylic acids is 1. The summed E-state index contributed by atoms with van der Waals surface area (Å²) in [6, 6.07) is 22.6. The van der Waals surface area contributed by atoms with Gasteiger partial charge in [-0.2, -0.15) is 0 Å². The monoisotopic (exact) mass is 500 g/mol. The molecule has 0 heterocycles. The number of unbranched alkanes of at least 4 members (excludes halogenated alkanes) is 1. The van der Waals surface area contributed by atoms with Crippen LogP contribution in [0.5, 0.6) is 11.5 Å². The van der Waals surface area contributed by atoms with Crippen molar-refractivity contribution in [1.29, 1.82) is 0 Å². The molecule has 1 aliphatic carbocycles. The molecule has 194 valence electrons. The van der Waals surface area contributed by atoms with Crippen molar-refractivity contribution in [1.82, 2.24) is 0 Å². The van der Waals surface area contributed by atoms with Crippen LogP contribution in [0.15, 0.2) is 72.8 Å². The maximum atomic E-state index is 12.1. The molecule has 5 nitrogen and oxygen atoms in total. The summed E-state index contributed by atoms with van der Waals surface area (Å²) in [5, 5.41) is 0. The Balaban J connectivity index is 1.43. The second-order valence-electron chi connectivity index (χ2n) is 8.93. The third kappa shape index (κ3) is 6.60. The van der Waals surface area contributed by atoms with Gasteiger partial charge in [0.05, 0.1) is 13.2 Å². The van der Waals surface area contributed by atoms with Crippen LogP contribution in [-0.2, 0) is 20.7 Å². The Morgan fingerprint density at radius 2 is 1.54 bits per heavy atom. The molecule has 0 saturated heterocycles. The molecule has 37 heavy (non-hydrogen) atoms. The summed E-state index contributed by atoms with van der Waals surface area (Å²) >= 11 is 0. The van der Waals surface area contributed by atoms with E-state index in [9.17, 15) is 4.79 Å². The van der Waals surface area contributed by atoms with Gasteiger partial charge in [-0.15, -0.1) is 0 Å². The second-order valence-corrected chi connectivity index (χ2v) is 8.93. The molecule has 4 rings (SSSR count). The van der Waals surface area contributed by atoms with Gasteiger partial charge in [-0.25, -0.2) is 4.79 Å². The summed E-state index contributed by atoms with van der Waals surface area (Å²) in [5.74, 6) is 1.36. The number of esters is 1. The Morgan fingerprint density at radius 1 is 0.811 bits per heavy atom. The number of ether oxygens (including phenoxy) is 4. The minimum Gasteiger partial charge on any atom is -0.494 e. The van der Waals surface area contributed by atoms with Gasteiger partial charge in [0.15, 0.2) is 6.10 Å². The smallest absolute Gasteiger partial charge is 0.335 e. The van der Waals surface area contributed by atoms with Crippen molar-refractivity contribution in [3.05, 3.63) is 89.5 Å². The lowest BCUT2D eigenvalue weighted by molar-refractivity contribution is -0.156. The van der Waals surface area contributed by atoms with E-state index in [-0.39, 0.29) is 5.97 Å². The van der Waals surface area contributed by atoms with Gasteiger partial charge in [0, 0.05) is 13.0 Å². The van der Waals surface area contributed by atoms with Crippen LogP contribution in [0.2, 0.25) is 0 Å². The van der Waals surface area contributed by atoms with E-state index in [0.717, 1.165) is 36.5 Å². The maximum absolute atomic E-state index is 12.1. The number of benzene rings is 3. The second kappa shape index (κ2) is 13.1. The molecule has 0 aliphatic heterocycles. The van der Waals surface area contributed by atoms with Crippen LogP contribution in [0.1, 0.15) is 50.3 Å². The summed E-state index contributed by atoms with van der Waals surface area (Å²) in [7, 11) is 0. The van der Waals surface area contributed by atoms with Crippen LogP contribution >= 0.6 is 0 Å². The quantitative estimate of drug-likeness (QED) is 0.148. The summed E-state index contributed by atoms with van der Waals surface area (Å²) in [6.45, 7) is 7.82. The van der Waals surface area contributed by atoms with Crippen molar-refractivity contribution in [2.75, 3.05) is 26.4 Å². The van der Waals surface area contributed by atoms with Crippen molar-refractivity contribution in [2.24, 2.45) is 0 Å². The fourth-order valence-electron chi connectivity index (χ4n) is 4.53. The topological polar surface area (TPSA) is 54.0 Å². The summed E-state index contributed by atoms with van der Waals surface area (Å²) in [4.78, 5) is 12.1. The molecule has 3 aromatic carbocycles. The normalized spacial score (nSPS) is 13.6. The highest BCUT2D eigenvalue weighted by atomic mass is 16.6. The summed E-state index contributed by atoms with van der Waals surface area (Å²) in [6.07, 6.45) is 4.18. The van der Waals surface area contributed by atoms with Gasteiger partial charge in [-0.05, 0) is 84.0 Å². The van der Waals surface area contributed by atoms with Crippen LogP contribution < -0.4 is 9.47 Å². The first-order valence-electron chi connectivity index (χ1n) is 13.2. The van der Waals surface area contributed by atoms with Gasteiger partial charge >= 0.3 is 5.97 Å². The molecule has 1 unspecified atom stereocenters. The van der Waals surface area contributed by atoms with E-state index >= 15 is 0 Å². The molecule has 0 saturated carbocycles. The molecule has 0 bridgehead atoms. The van der Waals surface area contributed by atoms with Crippen LogP contribution in [-0.4, -0.2) is 38.5 Å². The zero-order chi connectivity index (χ0) is 26.0. The minimum atomic E-state index is -0.596. The number of hydrogen-bond donors (Lipinski definition) is 0. The van der Waals surface area contributed by atoms with Crippen LogP contribution in [0.25, 0.3) is 16.7 Å². The first kappa shape index (κ1) is 26.5. The molecule has 1 atom stereocenters. The van der Waals surface area contributed by atoms with Crippen molar-refractivity contribution in [2.45, 2.75) is 46.1 Å². The number of hydrogen-bond acceptors (Lipinski definition) is 5. The minimum absolute atomic E-state index is 0.326. The lowest BCUT2D eigenvalue weighted by Crippen LogP contribution is -2.28. The average Bonchev–Trinajstić information content (AvgIpc) is 3.23. The third-order valence-electron chi connectivity index (χ3n) is 6.35. The van der Waals surface area contributed by atoms with E-state index in [1.165, 1.54) is 27.8 Å². The molecular weight excluding hydrogens is 464 g/mol. The Labute approximate surface area is 220 Å². The van der Waals surface area contributed by atoms with Crippen molar-refractivity contribution < 1.29 is 23.7 Å². The van der Waals surface area contributed by atoms with Gasteiger partial charge in [0.1, 0.15) is 18.1 Å². The fourth-order valence-corrected chi connectivity index (χ4v) is 4.53. The number of rotatable bonds is 13. The molecule has 0 aromatic heterocycles. The van der Waals surface area contributed by atoms with E-state index in [0.29, 0.717) is 26.2 Å². The Kier molecular flexibility index (Phi) is 9.39. The first-order chi connectivity index (χ1) is 18.1. The highest BCUT2D eigenvalue weighted by Gasteiger charge is 2.23. The molecule has 0 fully saturated rings.